The first-order valence-electron chi connectivity index (χ1n) is 8.02. The second-order valence-electron chi connectivity index (χ2n) is 5.48. The zero-order valence-corrected chi connectivity index (χ0v) is 14.0. The first kappa shape index (κ1) is 18.4. The van der Waals surface area contributed by atoms with Crippen molar-refractivity contribution in [1.82, 2.24) is 5.32 Å². The fourth-order valence-electron chi connectivity index (χ4n) is 2.28. The van der Waals surface area contributed by atoms with E-state index in [0.717, 1.165) is 11.3 Å². The number of esters is 1. The van der Waals surface area contributed by atoms with Gasteiger partial charge in [-0.25, -0.2) is 9.18 Å². The molecule has 0 heterocycles. The highest BCUT2D eigenvalue weighted by Crippen LogP contribution is 2.11. The van der Waals surface area contributed by atoms with E-state index >= 15 is 0 Å². The van der Waals surface area contributed by atoms with Crippen LogP contribution >= 0.6 is 0 Å². The molecule has 6 heteroatoms. The Morgan fingerprint density at radius 3 is 2.56 bits per heavy atom. The molecule has 0 aromatic heterocycles. The smallest absolute Gasteiger partial charge is 0.337 e. The molecule has 1 amide bonds. The van der Waals surface area contributed by atoms with Gasteiger partial charge in [0.05, 0.1) is 12.7 Å². The number of ether oxygens (including phenoxy) is 1. The van der Waals surface area contributed by atoms with Gasteiger partial charge in [-0.1, -0.05) is 18.2 Å². The zero-order chi connectivity index (χ0) is 18.1. The summed E-state index contributed by atoms with van der Waals surface area (Å²) in [5.41, 5.74) is 2.18. The third-order valence-electron chi connectivity index (χ3n) is 3.61. The van der Waals surface area contributed by atoms with Crippen molar-refractivity contribution in [3.05, 3.63) is 65.5 Å². The van der Waals surface area contributed by atoms with Crippen LogP contribution in [0.15, 0.2) is 48.5 Å². The summed E-state index contributed by atoms with van der Waals surface area (Å²) in [4.78, 5) is 23.3. The molecule has 0 bridgehead atoms. The number of nitrogens with one attached hydrogen (secondary N) is 2. The summed E-state index contributed by atoms with van der Waals surface area (Å²) in [6, 6.07) is 13.1. The maximum Gasteiger partial charge on any atom is 0.337 e. The van der Waals surface area contributed by atoms with E-state index in [1.807, 2.05) is 6.07 Å². The maximum absolute atomic E-state index is 12.8. The molecule has 0 saturated carbocycles. The van der Waals surface area contributed by atoms with E-state index in [-0.39, 0.29) is 11.7 Å². The highest BCUT2D eigenvalue weighted by atomic mass is 19.1. The van der Waals surface area contributed by atoms with Crippen LogP contribution in [0.3, 0.4) is 0 Å². The van der Waals surface area contributed by atoms with E-state index in [4.69, 9.17) is 0 Å². The molecule has 2 aromatic rings. The second-order valence-corrected chi connectivity index (χ2v) is 5.48. The van der Waals surface area contributed by atoms with Gasteiger partial charge in [0.15, 0.2) is 0 Å². The first-order valence-corrected chi connectivity index (χ1v) is 8.02. The monoisotopic (exact) mass is 344 g/mol. The van der Waals surface area contributed by atoms with Gasteiger partial charge >= 0.3 is 5.97 Å². The van der Waals surface area contributed by atoms with Crippen molar-refractivity contribution in [2.75, 3.05) is 25.5 Å². The predicted octanol–water partition coefficient (Wildman–Crippen LogP) is 2.77. The summed E-state index contributed by atoms with van der Waals surface area (Å²) < 4.78 is 17.5. The fourth-order valence-corrected chi connectivity index (χ4v) is 2.28. The third kappa shape index (κ3) is 6.25. The maximum atomic E-state index is 12.8. The summed E-state index contributed by atoms with van der Waals surface area (Å²) in [5, 5.41) is 5.92. The van der Waals surface area contributed by atoms with Crippen molar-refractivity contribution in [1.29, 1.82) is 0 Å². The van der Waals surface area contributed by atoms with Crippen molar-refractivity contribution < 1.29 is 18.7 Å². The number of carbonyl (C=O) groups is 2. The standard InChI is InChI=1S/C19H21FN2O3/c1-25-19(24)15-3-2-4-17(13-15)21-12-10-18(23)22-11-9-14-5-7-16(20)8-6-14/h2-8,13,21H,9-12H2,1H3,(H,22,23). The average molecular weight is 344 g/mol. The molecule has 0 unspecified atom stereocenters. The highest BCUT2D eigenvalue weighted by molar-refractivity contribution is 5.90. The largest absolute Gasteiger partial charge is 0.465 e. The molecule has 132 valence electrons. The SMILES string of the molecule is COC(=O)c1cccc(NCCC(=O)NCCc2ccc(F)cc2)c1. The quantitative estimate of drug-likeness (QED) is 0.723. The molecule has 0 atom stereocenters. The van der Waals surface area contributed by atoms with E-state index in [2.05, 4.69) is 15.4 Å². The molecule has 0 fully saturated rings. The Morgan fingerprint density at radius 1 is 1.08 bits per heavy atom. The lowest BCUT2D eigenvalue weighted by atomic mass is 10.1. The second kappa shape index (κ2) is 9.42. The van der Waals surface area contributed by atoms with E-state index in [1.54, 1.807) is 30.3 Å². The van der Waals surface area contributed by atoms with Crippen LogP contribution in [0.5, 0.6) is 0 Å². The van der Waals surface area contributed by atoms with Gasteiger partial charge in [-0.3, -0.25) is 4.79 Å². The number of hydrogen-bond acceptors (Lipinski definition) is 4. The lowest BCUT2D eigenvalue weighted by molar-refractivity contribution is -0.120. The molecule has 5 nitrogen and oxygen atoms in total. The number of hydrogen-bond donors (Lipinski definition) is 2. The van der Waals surface area contributed by atoms with Crippen LogP contribution in [-0.4, -0.2) is 32.1 Å². The van der Waals surface area contributed by atoms with Crippen LogP contribution in [0.1, 0.15) is 22.3 Å². The van der Waals surface area contributed by atoms with Crippen molar-refractivity contribution >= 4 is 17.6 Å². The van der Waals surface area contributed by atoms with E-state index in [1.165, 1.54) is 19.2 Å². The summed E-state index contributed by atoms with van der Waals surface area (Å²) in [6.07, 6.45) is 0.965. The molecule has 25 heavy (non-hydrogen) atoms. The molecule has 0 radical (unpaired) electrons. The molecule has 0 saturated heterocycles. The Kier molecular flexibility index (Phi) is 6.95. The minimum absolute atomic E-state index is 0.0706. The van der Waals surface area contributed by atoms with Gasteiger partial charge in [-0.15, -0.1) is 0 Å². The van der Waals surface area contributed by atoms with Crippen molar-refractivity contribution in [2.24, 2.45) is 0 Å². The van der Waals surface area contributed by atoms with Gasteiger partial charge in [0.2, 0.25) is 5.91 Å². The van der Waals surface area contributed by atoms with Gasteiger partial charge < -0.3 is 15.4 Å². The lowest BCUT2D eigenvalue weighted by Crippen LogP contribution is -2.27. The number of methoxy groups -OCH3 is 1. The Balaban J connectivity index is 1.68. The average Bonchev–Trinajstić information content (AvgIpc) is 2.63. The van der Waals surface area contributed by atoms with Gasteiger partial charge in [0, 0.05) is 25.2 Å². The molecule has 0 aliphatic heterocycles. The van der Waals surface area contributed by atoms with Crippen LogP contribution in [-0.2, 0) is 16.0 Å². The number of anilines is 1. The lowest BCUT2D eigenvalue weighted by Gasteiger charge is -2.08. The number of rotatable bonds is 8. The molecule has 2 rings (SSSR count). The summed E-state index contributed by atoms with van der Waals surface area (Å²) in [6.45, 7) is 0.954. The predicted molar refractivity (Wildman–Crippen MR) is 94.0 cm³/mol. The first-order chi connectivity index (χ1) is 12.1. The Bertz CT molecular complexity index is 717. The Labute approximate surface area is 146 Å². The van der Waals surface area contributed by atoms with E-state index in [0.29, 0.717) is 31.5 Å². The molecule has 2 aromatic carbocycles. The van der Waals surface area contributed by atoms with Crippen LogP contribution in [0.4, 0.5) is 10.1 Å². The van der Waals surface area contributed by atoms with Gasteiger partial charge in [0.25, 0.3) is 0 Å². The molecule has 0 spiro atoms. The van der Waals surface area contributed by atoms with E-state index < -0.39 is 5.97 Å². The Morgan fingerprint density at radius 2 is 1.84 bits per heavy atom. The fraction of sp³-hybridized carbons (Fsp3) is 0.263. The number of benzene rings is 2. The molecule has 0 aliphatic carbocycles. The zero-order valence-electron chi connectivity index (χ0n) is 14.0. The van der Waals surface area contributed by atoms with Crippen LogP contribution in [0.2, 0.25) is 0 Å². The van der Waals surface area contributed by atoms with Gasteiger partial charge in [-0.2, -0.15) is 0 Å². The van der Waals surface area contributed by atoms with Crippen LogP contribution in [0.25, 0.3) is 0 Å². The minimum Gasteiger partial charge on any atom is -0.465 e. The molecular formula is C19H21FN2O3. The molecule has 2 N–H and O–H groups in total. The summed E-state index contributed by atoms with van der Waals surface area (Å²) >= 11 is 0. The van der Waals surface area contributed by atoms with Crippen molar-refractivity contribution in [2.45, 2.75) is 12.8 Å². The van der Waals surface area contributed by atoms with Crippen molar-refractivity contribution in [3.63, 3.8) is 0 Å². The normalized spacial score (nSPS) is 10.2. The third-order valence-corrected chi connectivity index (χ3v) is 3.61. The van der Waals surface area contributed by atoms with Crippen LogP contribution < -0.4 is 10.6 Å². The number of halogens is 1. The summed E-state index contributed by atoms with van der Waals surface area (Å²) in [5.74, 6) is -0.740. The Hall–Kier alpha value is -2.89. The van der Waals surface area contributed by atoms with Crippen LogP contribution in [0, 0.1) is 5.82 Å². The molecular weight excluding hydrogens is 323 g/mol. The molecule has 0 aliphatic rings. The highest BCUT2D eigenvalue weighted by Gasteiger charge is 2.06. The summed E-state index contributed by atoms with van der Waals surface area (Å²) in [7, 11) is 1.33. The number of amides is 1. The van der Waals surface area contributed by atoms with E-state index in [9.17, 15) is 14.0 Å². The minimum atomic E-state index is -0.401. The van der Waals surface area contributed by atoms with Crippen molar-refractivity contribution in [3.8, 4) is 0 Å². The van der Waals surface area contributed by atoms with Gasteiger partial charge in [-0.05, 0) is 42.3 Å². The topological polar surface area (TPSA) is 67.4 Å². The van der Waals surface area contributed by atoms with Gasteiger partial charge in [0.1, 0.15) is 5.82 Å². The number of carbonyl (C=O) groups excluding carboxylic acids is 2.